The summed E-state index contributed by atoms with van der Waals surface area (Å²) in [5.41, 5.74) is 1.36. The van der Waals surface area contributed by atoms with Gasteiger partial charge < -0.3 is 4.90 Å². The van der Waals surface area contributed by atoms with Crippen molar-refractivity contribution in [2.24, 2.45) is 5.92 Å². The molecule has 3 heterocycles. The molecule has 3 aliphatic rings. The minimum atomic E-state index is -0.711. The summed E-state index contributed by atoms with van der Waals surface area (Å²) in [4.78, 5) is 17.0. The highest BCUT2D eigenvalue weighted by Crippen LogP contribution is 2.30. The van der Waals surface area contributed by atoms with Crippen LogP contribution in [-0.4, -0.2) is 41.4 Å². The zero-order valence-electron chi connectivity index (χ0n) is 14.6. The van der Waals surface area contributed by atoms with Crippen molar-refractivity contribution in [1.82, 2.24) is 9.80 Å². The number of piperidine rings is 1. The first-order valence-corrected chi connectivity index (χ1v) is 9.12. The van der Waals surface area contributed by atoms with Crippen molar-refractivity contribution in [1.29, 1.82) is 0 Å². The van der Waals surface area contributed by atoms with Crippen molar-refractivity contribution >= 4 is 5.91 Å². The quantitative estimate of drug-likeness (QED) is 0.837. The van der Waals surface area contributed by atoms with Gasteiger partial charge >= 0.3 is 0 Å². The van der Waals surface area contributed by atoms with Crippen LogP contribution in [0.4, 0.5) is 8.78 Å². The molecule has 26 heavy (non-hydrogen) atoms. The van der Waals surface area contributed by atoms with Crippen molar-refractivity contribution in [2.75, 3.05) is 19.6 Å². The zero-order chi connectivity index (χ0) is 18.1. The lowest BCUT2D eigenvalue weighted by Gasteiger charge is -2.36. The van der Waals surface area contributed by atoms with Gasteiger partial charge in [-0.25, -0.2) is 8.78 Å². The standard InChI is InChI=1S/C21H22F2N2O/c22-18-8-17(9-19(23)10-18)21(26)25-13-16-6-7-20(14-25)24(12-16)11-15-4-2-1-3-5-15/h1-5,8-10,16,20H,6-7,11-14H2/t16-,20-/m0/s1. The first kappa shape index (κ1) is 17.2. The predicted molar refractivity (Wildman–Crippen MR) is 95.6 cm³/mol. The molecule has 2 atom stereocenters. The van der Waals surface area contributed by atoms with Crippen LogP contribution in [0.15, 0.2) is 48.5 Å². The summed E-state index contributed by atoms with van der Waals surface area (Å²) in [6.07, 6.45) is 2.15. The van der Waals surface area contributed by atoms with E-state index < -0.39 is 11.6 Å². The Bertz CT molecular complexity index is 776. The number of nitrogens with zero attached hydrogens (tertiary/aromatic N) is 2. The molecule has 136 valence electrons. The van der Waals surface area contributed by atoms with Gasteiger partial charge in [0.1, 0.15) is 11.6 Å². The average Bonchev–Trinajstić information content (AvgIpc) is 2.93. The van der Waals surface area contributed by atoms with E-state index >= 15 is 0 Å². The third kappa shape index (κ3) is 3.63. The summed E-state index contributed by atoms with van der Waals surface area (Å²) < 4.78 is 27.0. The van der Waals surface area contributed by atoms with Gasteiger partial charge in [0, 0.05) is 43.9 Å². The van der Waals surface area contributed by atoms with Crippen LogP contribution < -0.4 is 0 Å². The molecule has 2 aromatic rings. The Hall–Kier alpha value is -2.27. The van der Waals surface area contributed by atoms with E-state index in [1.165, 1.54) is 5.56 Å². The number of carbonyl (C=O) groups excluding carboxylic acids is 1. The monoisotopic (exact) mass is 356 g/mol. The maximum Gasteiger partial charge on any atom is 0.254 e. The topological polar surface area (TPSA) is 23.6 Å². The molecule has 1 amide bonds. The molecule has 3 saturated heterocycles. The summed E-state index contributed by atoms with van der Waals surface area (Å²) in [6, 6.07) is 13.7. The third-order valence-corrected chi connectivity index (χ3v) is 5.45. The molecule has 2 aromatic carbocycles. The highest BCUT2D eigenvalue weighted by atomic mass is 19.1. The number of rotatable bonds is 3. The Morgan fingerprint density at radius 3 is 2.42 bits per heavy atom. The third-order valence-electron chi connectivity index (χ3n) is 5.45. The Balaban J connectivity index is 1.51. The van der Waals surface area contributed by atoms with E-state index in [9.17, 15) is 13.6 Å². The minimum absolute atomic E-state index is 0.0957. The Kier molecular flexibility index (Phi) is 4.72. The molecule has 3 fully saturated rings. The molecule has 5 rings (SSSR count). The van der Waals surface area contributed by atoms with E-state index in [0.717, 1.165) is 44.1 Å². The molecule has 0 unspecified atom stereocenters. The fourth-order valence-electron chi connectivity index (χ4n) is 4.22. The van der Waals surface area contributed by atoms with Crippen molar-refractivity contribution in [3.63, 3.8) is 0 Å². The zero-order valence-corrected chi connectivity index (χ0v) is 14.6. The first-order chi connectivity index (χ1) is 12.6. The average molecular weight is 356 g/mol. The van der Waals surface area contributed by atoms with Crippen LogP contribution in [0.3, 0.4) is 0 Å². The molecule has 0 radical (unpaired) electrons. The summed E-state index contributed by atoms with van der Waals surface area (Å²) in [7, 11) is 0. The summed E-state index contributed by atoms with van der Waals surface area (Å²) >= 11 is 0. The number of amides is 1. The molecule has 0 aliphatic carbocycles. The van der Waals surface area contributed by atoms with Crippen LogP contribution in [0, 0.1) is 17.6 Å². The van der Waals surface area contributed by atoms with Crippen LogP contribution >= 0.6 is 0 Å². The van der Waals surface area contributed by atoms with Gasteiger partial charge in [-0.3, -0.25) is 9.69 Å². The fraction of sp³-hybridized carbons (Fsp3) is 0.381. The largest absolute Gasteiger partial charge is 0.337 e. The van der Waals surface area contributed by atoms with Gasteiger partial charge in [0.25, 0.3) is 5.91 Å². The lowest BCUT2D eigenvalue weighted by atomic mass is 9.94. The number of benzene rings is 2. The first-order valence-electron chi connectivity index (χ1n) is 9.12. The van der Waals surface area contributed by atoms with Crippen molar-refractivity contribution in [3.05, 3.63) is 71.3 Å². The molecule has 5 heteroatoms. The highest BCUT2D eigenvalue weighted by Gasteiger charge is 2.36. The Morgan fingerprint density at radius 2 is 1.69 bits per heavy atom. The molecule has 0 N–H and O–H groups in total. The number of fused-ring (bicyclic) bond motifs is 4. The van der Waals surface area contributed by atoms with Crippen molar-refractivity contribution in [3.8, 4) is 0 Å². The number of hydrogen-bond acceptors (Lipinski definition) is 2. The molecule has 0 aromatic heterocycles. The summed E-state index contributed by atoms with van der Waals surface area (Å²) in [5, 5.41) is 0. The van der Waals surface area contributed by atoms with Gasteiger partial charge in [0.05, 0.1) is 0 Å². The van der Waals surface area contributed by atoms with Crippen LogP contribution in [0.25, 0.3) is 0 Å². The predicted octanol–water partition coefficient (Wildman–Crippen LogP) is 3.70. The maximum atomic E-state index is 13.5. The van der Waals surface area contributed by atoms with Gasteiger partial charge in [-0.1, -0.05) is 30.3 Å². The summed E-state index contributed by atoms with van der Waals surface area (Å²) in [5.74, 6) is -1.30. The van der Waals surface area contributed by atoms with Gasteiger partial charge in [-0.15, -0.1) is 0 Å². The smallest absolute Gasteiger partial charge is 0.254 e. The normalized spacial score (nSPS) is 23.1. The molecule has 3 nitrogen and oxygen atoms in total. The number of carbonyl (C=O) groups is 1. The van der Waals surface area contributed by atoms with Gasteiger partial charge in [-0.05, 0) is 36.5 Å². The van der Waals surface area contributed by atoms with E-state index in [1.54, 1.807) is 4.90 Å². The molecule has 3 aliphatic heterocycles. The lowest BCUT2D eigenvalue weighted by Crippen LogP contribution is -2.43. The molecule has 0 saturated carbocycles. The fourth-order valence-corrected chi connectivity index (χ4v) is 4.22. The van der Waals surface area contributed by atoms with E-state index in [4.69, 9.17) is 0 Å². The molecular formula is C21H22F2N2O. The van der Waals surface area contributed by atoms with Crippen LogP contribution in [0.1, 0.15) is 28.8 Å². The van der Waals surface area contributed by atoms with Crippen molar-refractivity contribution in [2.45, 2.75) is 25.4 Å². The highest BCUT2D eigenvalue weighted by molar-refractivity contribution is 5.94. The van der Waals surface area contributed by atoms with Gasteiger partial charge in [-0.2, -0.15) is 0 Å². The second-order valence-corrected chi connectivity index (χ2v) is 7.38. The molecule has 2 bridgehead atoms. The van der Waals surface area contributed by atoms with Gasteiger partial charge in [0.15, 0.2) is 0 Å². The number of hydrogen-bond donors (Lipinski definition) is 0. The molecule has 0 spiro atoms. The minimum Gasteiger partial charge on any atom is -0.337 e. The van der Waals surface area contributed by atoms with E-state index in [2.05, 4.69) is 17.0 Å². The van der Waals surface area contributed by atoms with E-state index in [-0.39, 0.29) is 17.5 Å². The summed E-state index contributed by atoms with van der Waals surface area (Å²) in [6.45, 7) is 3.10. The van der Waals surface area contributed by atoms with Crippen LogP contribution in [-0.2, 0) is 6.54 Å². The second kappa shape index (κ2) is 7.16. The lowest BCUT2D eigenvalue weighted by molar-refractivity contribution is 0.0735. The Morgan fingerprint density at radius 1 is 0.962 bits per heavy atom. The number of halogens is 2. The van der Waals surface area contributed by atoms with E-state index in [1.807, 2.05) is 18.2 Å². The second-order valence-electron chi connectivity index (χ2n) is 7.38. The van der Waals surface area contributed by atoms with Crippen molar-refractivity contribution < 1.29 is 13.6 Å². The Labute approximate surface area is 152 Å². The van der Waals surface area contributed by atoms with Gasteiger partial charge in [0.2, 0.25) is 0 Å². The van der Waals surface area contributed by atoms with Crippen LogP contribution in [0.5, 0.6) is 0 Å². The molecular weight excluding hydrogens is 334 g/mol. The van der Waals surface area contributed by atoms with E-state index in [0.29, 0.717) is 19.0 Å². The SMILES string of the molecule is O=C(c1cc(F)cc(F)c1)N1C[C@H]2CC[C@@H](C1)N(Cc1ccccc1)C2. The van der Waals surface area contributed by atoms with Crippen LogP contribution in [0.2, 0.25) is 0 Å². The maximum absolute atomic E-state index is 13.5.